The summed E-state index contributed by atoms with van der Waals surface area (Å²) >= 11 is 0. The Morgan fingerprint density at radius 2 is 2.11 bits per heavy atom. The number of hydrogen-bond acceptors (Lipinski definition) is 4. The predicted octanol–water partition coefficient (Wildman–Crippen LogP) is 1.09. The molecule has 6 heteroatoms. The van der Waals surface area contributed by atoms with Gasteiger partial charge in [0.1, 0.15) is 6.61 Å². The Morgan fingerprint density at radius 3 is 2.68 bits per heavy atom. The van der Waals surface area contributed by atoms with E-state index < -0.39 is 12.1 Å². The molecule has 1 fully saturated rings. The van der Waals surface area contributed by atoms with E-state index in [2.05, 4.69) is 16.8 Å². The maximum atomic E-state index is 11.2. The molecule has 0 unspecified atom stereocenters. The van der Waals surface area contributed by atoms with Crippen molar-refractivity contribution in [3.8, 4) is 0 Å². The van der Waals surface area contributed by atoms with E-state index in [4.69, 9.17) is 9.84 Å². The van der Waals surface area contributed by atoms with Crippen LogP contribution in [-0.4, -0.2) is 54.9 Å². The number of likely N-dealkylation sites (tertiary alicyclic amines) is 1. The van der Waals surface area contributed by atoms with Gasteiger partial charge in [-0.2, -0.15) is 0 Å². The number of hydrogen-bond donors (Lipinski definition) is 2. The van der Waals surface area contributed by atoms with Gasteiger partial charge >= 0.3 is 12.1 Å². The molecule has 2 N–H and O–H groups in total. The molecule has 1 aliphatic rings. The minimum Gasteiger partial charge on any atom is -0.481 e. The van der Waals surface area contributed by atoms with E-state index >= 15 is 0 Å². The Labute approximate surface area is 113 Å². The van der Waals surface area contributed by atoms with Gasteiger partial charge in [0.05, 0.1) is 6.42 Å². The average Bonchev–Trinajstić information content (AvgIpc) is 2.41. The summed E-state index contributed by atoms with van der Waals surface area (Å²) < 4.78 is 4.82. The van der Waals surface area contributed by atoms with E-state index in [1.54, 1.807) is 0 Å². The standard InChI is InChI=1S/C13H22N2O4/c1-2-9-19-13(18)14-10-11-3-6-15(7-4-11)8-5-12(16)17/h2,11H,1,3-10H2,(H,14,18)(H,16,17). The third-order valence-corrected chi connectivity index (χ3v) is 3.22. The van der Waals surface area contributed by atoms with Gasteiger partial charge in [0.25, 0.3) is 0 Å². The van der Waals surface area contributed by atoms with Crippen molar-refractivity contribution in [2.45, 2.75) is 19.3 Å². The number of carboxylic acid groups (broad SMARTS) is 1. The van der Waals surface area contributed by atoms with E-state index in [9.17, 15) is 9.59 Å². The van der Waals surface area contributed by atoms with E-state index in [0.29, 0.717) is 19.0 Å². The number of carbonyl (C=O) groups is 2. The van der Waals surface area contributed by atoms with Gasteiger partial charge in [-0.1, -0.05) is 12.7 Å². The molecular weight excluding hydrogens is 248 g/mol. The summed E-state index contributed by atoms with van der Waals surface area (Å²) in [6.45, 7) is 6.69. The first-order chi connectivity index (χ1) is 9.11. The first-order valence-corrected chi connectivity index (χ1v) is 6.57. The van der Waals surface area contributed by atoms with Crippen LogP contribution in [0.5, 0.6) is 0 Å². The summed E-state index contributed by atoms with van der Waals surface area (Å²) in [5.41, 5.74) is 0. The van der Waals surface area contributed by atoms with Crippen molar-refractivity contribution in [2.24, 2.45) is 5.92 Å². The van der Waals surface area contributed by atoms with E-state index in [1.807, 2.05) is 0 Å². The highest BCUT2D eigenvalue weighted by Gasteiger charge is 2.20. The van der Waals surface area contributed by atoms with Crippen molar-refractivity contribution in [2.75, 3.05) is 32.8 Å². The van der Waals surface area contributed by atoms with Crippen LogP contribution >= 0.6 is 0 Å². The molecule has 1 aliphatic heterocycles. The summed E-state index contributed by atoms with van der Waals surface area (Å²) in [6.07, 6.45) is 3.26. The molecule has 1 heterocycles. The molecule has 0 atom stereocenters. The van der Waals surface area contributed by atoms with E-state index in [0.717, 1.165) is 25.9 Å². The zero-order valence-electron chi connectivity index (χ0n) is 11.1. The number of alkyl carbamates (subject to hydrolysis) is 1. The lowest BCUT2D eigenvalue weighted by Crippen LogP contribution is -2.39. The summed E-state index contributed by atoms with van der Waals surface area (Å²) in [5, 5.41) is 11.3. The number of amides is 1. The fourth-order valence-electron chi connectivity index (χ4n) is 2.08. The first kappa shape index (κ1) is 15.5. The monoisotopic (exact) mass is 270 g/mol. The molecule has 1 rings (SSSR count). The number of ether oxygens (including phenoxy) is 1. The number of piperidine rings is 1. The lowest BCUT2D eigenvalue weighted by molar-refractivity contribution is -0.137. The largest absolute Gasteiger partial charge is 0.481 e. The Morgan fingerprint density at radius 1 is 1.42 bits per heavy atom. The lowest BCUT2D eigenvalue weighted by Gasteiger charge is -2.31. The number of aliphatic carboxylic acids is 1. The maximum Gasteiger partial charge on any atom is 0.407 e. The normalized spacial score (nSPS) is 16.8. The topological polar surface area (TPSA) is 78.9 Å². The third-order valence-electron chi connectivity index (χ3n) is 3.22. The Hall–Kier alpha value is -1.56. The Kier molecular flexibility index (Phi) is 6.95. The van der Waals surface area contributed by atoms with Gasteiger partial charge in [0, 0.05) is 13.1 Å². The maximum absolute atomic E-state index is 11.2. The minimum absolute atomic E-state index is 0.191. The fourth-order valence-corrected chi connectivity index (χ4v) is 2.08. The highest BCUT2D eigenvalue weighted by atomic mass is 16.5. The molecule has 0 bridgehead atoms. The summed E-state index contributed by atoms with van der Waals surface area (Å²) in [5.74, 6) is -0.314. The van der Waals surface area contributed by atoms with Gasteiger partial charge in [0.15, 0.2) is 0 Å². The van der Waals surface area contributed by atoms with Gasteiger partial charge in [-0.05, 0) is 31.8 Å². The van der Waals surface area contributed by atoms with Crippen LogP contribution in [0.1, 0.15) is 19.3 Å². The van der Waals surface area contributed by atoms with Crippen molar-refractivity contribution < 1.29 is 19.4 Å². The molecular formula is C13H22N2O4. The summed E-state index contributed by atoms with van der Waals surface area (Å²) in [4.78, 5) is 23.9. The number of rotatable bonds is 7. The van der Waals surface area contributed by atoms with Gasteiger partial charge in [-0.25, -0.2) is 4.79 Å². The molecule has 19 heavy (non-hydrogen) atoms. The number of nitrogens with zero attached hydrogens (tertiary/aromatic N) is 1. The van der Waals surface area contributed by atoms with Crippen molar-refractivity contribution >= 4 is 12.1 Å². The molecule has 0 saturated carbocycles. The molecule has 0 spiro atoms. The molecule has 0 aromatic rings. The molecule has 1 saturated heterocycles. The van der Waals surface area contributed by atoms with Crippen LogP contribution in [0.3, 0.4) is 0 Å². The van der Waals surface area contributed by atoms with Gasteiger partial charge < -0.3 is 20.1 Å². The Balaban J connectivity index is 2.11. The second kappa shape index (κ2) is 8.53. The zero-order chi connectivity index (χ0) is 14.1. The smallest absolute Gasteiger partial charge is 0.407 e. The van der Waals surface area contributed by atoms with Crippen LogP contribution in [0.4, 0.5) is 4.79 Å². The van der Waals surface area contributed by atoms with Crippen molar-refractivity contribution in [1.29, 1.82) is 0 Å². The quantitative estimate of drug-likeness (QED) is 0.677. The summed E-state index contributed by atoms with van der Waals surface area (Å²) in [7, 11) is 0. The molecule has 1 amide bonds. The fraction of sp³-hybridized carbons (Fsp3) is 0.692. The van der Waals surface area contributed by atoms with Gasteiger partial charge in [0.2, 0.25) is 0 Å². The highest BCUT2D eigenvalue weighted by molar-refractivity contribution is 5.67. The number of nitrogens with one attached hydrogen (secondary N) is 1. The van der Waals surface area contributed by atoms with Crippen LogP contribution in [0, 0.1) is 5.92 Å². The lowest BCUT2D eigenvalue weighted by atomic mass is 9.97. The second-order valence-electron chi connectivity index (χ2n) is 4.70. The van der Waals surface area contributed by atoms with Crippen LogP contribution in [0.15, 0.2) is 12.7 Å². The highest BCUT2D eigenvalue weighted by Crippen LogP contribution is 2.16. The predicted molar refractivity (Wildman–Crippen MR) is 71.0 cm³/mol. The van der Waals surface area contributed by atoms with Crippen LogP contribution in [-0.2, 0) is 9.53 Å². The van der Waals surface area contributed by atoms with Crippen LogP contribution in [0.25, 0.3) is 0 Å². The first-order valence-electron chi connectivity index (χ1n) is 6.57. The second-order valence-corrected chi connectivity index (χ2v) is 4.70. The Bertz CT molecular complexity index is 312. The van der Waals surface area contributed by atoms with Crippen molar-refractivity contribution in [3.63, 3.8) is 0 Å². The number of carbonyl (C=O) groups excluding carboxylic acids is 1. The molecule has 0 aromatic heterocycles. The SMILES string of the molecule is C=CCOC(=O)NCC1CCN(CCC(=O)O)CC1. The molecule has 108 valence electrons. The molecule has 0 radical (unpaired) electrons. The van der Waals surface area contributed by atoms with Crippen molar-refractivity contribution in [3.05, 3.63) is 12.7 Å². The molecule has 0 aromatic carbocycles. The van der Waals surface area contributed by atoms with Gasteiger partial charge in [-0.3, -0.25) is 4.79 Å². The van der Waals surface area contributed by atoms with Crippen LogP contribution in [0.2, 0.25) is 0 Å². The minimum atomic E-state index is -0.756. The summed E-state index contributed by atoms with van der Waals surface area (Å²) in [6, 6.07) is 0. The van der Waals surface area contributed by atoms with E-state index in [-0.39, 0.29) is 13.0 Å². The number of carboxylic acids is 1. The molecule has 0 aliphatic carbocycles. The molecule has 6 nitrogen and oxygen atoms in total. The van der Waals surface area contributed by atoms with E-state index in [1.165, 1.54) is 6.08 Å². The van der Waals surface area contributed by atoms with Crippen molar-refractivity contribution in [1.82, 2.24) is 10.2 Å². The van der Waals surface area contributed by atoms with Gasteiger partial charge in [-0.15, -0.1) is 0 Å². The average molecular weight is 270 g/mol. The third kappa shape index (κ3) is 6.81. The van der Waals surface area contributed by atoms with Crippen LogP contribution < -0.4 is 5.32 Å². The zero-order valence-corrected chi connectivity index (χ0v) is 11.1.